The molecule has 4 N–H and O–H groups in total. The monoisotopic (exact) mass is 479 g/mol. The highest BCUT2D eigenvalue weighted by molar-refractivity contribution is 7.80. The quantitative estimate of drug-likeness (QED) is 0.208. The Morgan fingerprint density at radius 2 is 1.93 bits per heavy atom. The van der Waals surface area contributed by atoms with Crippen molar-refractivity contribution in [3.63, 3.8) is 0 Å². The Kier molecular flexibility index (Phi) is 6.94. The summed E-state index contributed by atoms with van der Waals surface area (Å²) in [6, 6.07) is 11.4. The third-order valence-electron chi connectivity index (χ3n) is 4.03. The number of aromatic carboxylic acids is 1. The molecule has 0 saturated carbocycles. The zero-order valence-corrected chi connectivity index (χ0v) is 18.6. The summed E-state index contributed by atoms with van der Waals surface area (Å²) in [6.07, 6.45) is 0. The fourth-order valence-corrected chi connectivity index (χ4v) is 4.00. The van der Waals surface area contributed by atoms with Crippen LogP contribution < -0.4 is 10.7 Å². The second-order valence-corrected chi connectivity index (χ2v) is 8.21. The molecule has 3 rings (SSSR count). The Labute approximate surface area is 191 Å². The van der Waals surface area contributed by atoms with E-state index < -0.39 is 5.97 Å². The van der Waals surface area contributed by atoms with Gasteiger partial charge in [-0.25, -0.2) is 4.79 Å². The Hall–Kier alpha value is -2.65. The highest BCUT2D eigenvalue weighted by Gasteiger charge is 2.15. The highest BCUT2D eigenvalue weighted by Crippen LogP contribution is 2.40. The number of carboxylic acid groups (broad SMARTS) is 1. The summed E-state index contributed by atoms with van der Waals surface area (Å²) in [5, 5.41) is 29.5. The molecule has 0 amide bonds. The average Bonchev–Trinajstić information content (AvgIpc) is 3.10. The van der Waals surface area contributed by atoms with Crippen molar-refractivity contribution in [1.29, 1.82) is 0 Å². The summed E-state index contributed by atoms with van der Waals surface area (Å²) < 4.78 is 0. The van der Waals surface area contributed by atoms with Gasteiger partial charge in [0.1, 0.15) is 5.75 Å². The fraction of sp³-hybridized carbons (Fsp3) is 0.0500. The first kappa shape index (κ1) is 22.0. The van der Waals surface area contributed by atoms with E-state index in [2.05, 4.69) is 15.8 Å². The molecule has 0 unspecified atom stereocenters. The minimum absolute atomic E-state index is 0.0782. The van der Waals surface area contributed by atoms with E-state index in [1.807, 2.05) is 0 Å². The number of halogens is 2. The van der Waals surface area contributed by atoms with Crippen molar-refractivity contribution in [3.8, 4) is 16.2 Å². The summed E-state index contributed by atoms with van der Waals surface area (Å²) in [7, 11) is 0. The fourth-order valence-electron chi connectivity index (χ4n) is 2.53. The van der Waals surface area contributed by atoms with Crippen LogP contribution in [0.2, 0.25) is 10.0 Å². The Bertz CT molecular complexity index is 1160. The highest BCUT2D eigenvalue weighted by atomic mass is 35.5. The van der Waals surface area contributed by atoms with E-state index in [0.717, 1.165) is 5.56 Å². The van der Waals surface area contributed by atoms with Crippen LogP contribution in [0.4, 0.5) is 5.69 Å². The molecule has 0 bridgehead atoms. The molecular formula is C20H15Cl2N3O3S2. The molecule has 2 aromatic carbocycles. The van der Waals surface area contributed by atoms with Crippen LogP contribution >= 0.6 is 46.8 Å². The average molecular weight is 480 g/mol. The number of thiophene rings is 1. The number of carbonyl (C=O) groups is 1. The van der Waals surface area contributed by atoms with Crippen LogP contribution in [0.1, 0.15) is 22.8 Å². The van der Waals surface area contributed by atoms with E-state index in [1.54, 1.807) is 42.6 Å². The molecule has 1 aromatic heterocycles. The van der Waals surface area contributed by atoms with Gasteiger partial charge in [0.2, 0.25) is 0 Å². The van der Waals surface area contributed by atoms with Crippen molar-refractivity contribution < 1.29 is 15.0 Å². The maximum atomic E-state index is 11.0. The number of aromatic hydroxyl groups is 1. The van der Waals surface area contributed by atoms with E-state index in [0.29, 0.717) is 31.9 Å². The van der Waals surface area contributed by atoms with Gasteiger partial charge in [0, 0.05) is 11.1 Å². The van der Waals surface area contributed by atoms with Gasteiger partial charge in [0.25, 0.3) is 0 Å². The predicted molar refractivity (Wildman–Crippen MR) is 126 cm³/mol. The third kappa shape index (κ3) is 5.09. The molecule has 0 radical (unpaired) electrons. The number of rotatable bonds is 5. The normalized spacial score (nSPS) is 11.2. The molecule has 0 spiro atoms. The molecule has 0 saturated heterocycles. The van der Waals surface area contributed by atoms with Crippen LogP contribution in [0, 0.1) is 0 Å². The van der Waals surface area contributed by atoms with Gasteiger partial charge in [-0.2, -0.15) is 5.10 Å². The molecule has 1 heterocycles. The van der Waals surface area contributed by atoms with Gasteiger partial charge in [0.15, 0.2) is 5.11 Å². The van der Waals surface area contributed by atoms with Crippen LogP contribution in [0.5, 0.6) is 5.75 Å². The molecule has 0 aliphatic rings. The molecule has 154 valence electrons. The van der Waals surface area contributed by atoms with Gasteiger partial charge < -0.3 is 15.5 Å². The number of hydrogen-bond donors (Lipinski definition) is 4. The Morgan fingerprint density at radius 3 is 2.63 bits per heavy atom. The molecule has 0 fully saturated rings. The minimum Gasteiger partial charge on any atom is -0.506 e. The molecule has 0 aliphatic heterocycles. The number of carboxylic acids is 1. The Morgan fingerprint density at radius 1 is 1.17 bits per heavy atom. The lowest BCUT2D eigenvalue weighted by Gasteiger charge is -2.08. The van der Waals surface area contributed by atoms with Crippen molar-refractivity contribution in [2.24, 2.45) is 5.10 Å². The number of thiocarbonyl (C=S) groups is 1. The maximum absolute atomic E-state index is 11.0. The SMILES string of the molecule is CC(=NNC(=S)Nc1cccc(C(=O)O)c1)c1csc(-c2ccc(Cl)c(Cl)c2)c1O. The lowest BCUT2D eigenvalue weighted by molar-refractivity contribution is 0.0697. The maximum Gasteiger partial charge on any atom is 0.335 e. The van der Waals surface area contributed by atoms with Crippen LogP contribution in [0.15, 0.2) is 52.9 Å². The molecule has 10 heteroatoms. The van der Waals surface area contributed by atoms with E-state index in [9.17, 15) is 9.90 Å². The van der Waals surface area contributed by atoms with Crippen molar-refractivity contribution in [1.82, 2.24) is 5.43 Å². The van der Waals surface area contributed by atoms with Crippen molar-refractivity contribution in [2.75, 3.05) is 5.32 Å². The smallest absolute Gasteiger partial charge is 0.335 e. The van der Waals surface area contributed by atoms with Gasteiger partial charge >= 0.3 is 5.97 Å². The third-order valence-corrected chi connectivity index (χ3v) is 5.98. The first-order chi connectivity index (χ1) is 14.3. The molecular weight excluding hydrogens is 465 g/mol. The number of anilines is 1. The predicted octanol–water partition coefficient (Wildman–Crippen LogP) is 5.84. The van der Waals surface area contributed by atoms with Gasteiger partial charge in [0.05, 0.1) is 31.8 Å². The minimum atomic E-state index is -1.03. The van der Waals surface area contributed by atoms with E-state index in [4.69, 9.17) is 40.5 Å². The number of nitrogens with zero attached hydrogens (tertiary/aromatic N) is 1. The van der Waals surface area contributed by atoms with Crippen LogP contribution in [0.25, 0.3) is 10.4 Å². The van der Waals surface area contributed by atoms with Crippen LogP contribution in [-0.4, -0.2) is 27.0 Å². The van der Waals surface area contributed by atoms with Crippen LogP contribution in [0.3, 0.4) is 0 Å². The summed E-state index contributed by atoms with van der Waals surface area (Å²) >= 11 is 18.6. The van der Waals surface area contributed by atoms with E-state index >= 15 is 0 Å². The summed E-state index contributed by atoms with van der Waals surface area (Å²) in [5.74, 6) is -0.952. The summed E-state index contributed by atoms with van der Waals surface area (Å²) in [6.45, 7) is 1.72. The van der Waals surface area contributed by atoms with Crippen molar-refractivity contribution in [2.45, 2.75) is 6.92 Å². The number of nitrogens with one attached hydrogen (secondary N) is 2. The van der Waals surface area contributed by atoms with Gasteiger partial charge in [-0.15, -0.1) is 11.3 Å². The lowest BCUT2D eigenvalue weighted by atomic mass is 10.1. The lowest BCUT2D eigenvalue weighted by Crippen LogP contribution is -2.25. The molecule has 0 aliphatic carbocycles. The van der Waals surface area contributed by atoms with Crippen LogP contribution in [-0.2, 0) is 0 Å². The molecule has 6 nitrogen and oxygen atoms in total. The second kappa shape index (κ2) is 9.44. The van der Waals surface area contributed by atoms with Gasteiger partial charge in [-0.1, -0.05) is 35.3 Å². The van der Waals surface area contributed by atoms with Gasteiger partial charge in [-0.05, 0) is 55.0 Å². The zero-order chi connectivity index (χ0) is 21.8. The molecule has 30 heavy (non-hydrogen) atoms. The zero-order valence-electron chi connectivity index (χ0n) is 15.4. The number of hydrogen-bond acceptors (Lipinski definition) is 5. The summed E-state index contributed by atoms with van der Waals surface area (Å²) in [5.41, 5.74) is 5.14. The standard InChI is InChI=1S/C20H15Cl2N3O3S2/c1-10(24-25-20(29)23-13-4-2-3-12(7-13)19(27)28)14-9-30-18(17(14)26)11-5-6-15(21)16(22)8-11/h2-9,26H,1H3,(H,27,28)(H2,23,25,29). The number of benzene rings is 2. The first-order valence-corrected chi connectivity index (χ1v) is 10.5. The van der Waals surface area contributed by atoms with E-state index in [-0.39, 0.29) is 16.4 Å². The largest absolute Gasteiger partial charge is 0.506 e. The second-order valence-electron chi connectivity index (χ2n) is 6.11. The topological polar surface area (TPSA) is 94.0 Å². The summed E-state index contributed by atoms with van der Waals surface area (Å²) in [4.78, 5) is 11.7. The molecule has 3 aromatic rings. The van der Waals surface area contributed by atoms with Crippen molar-refractivity contribution in [3.05, 3.63) is 69.0 Å². The van der Waals surface area contributed by atoms with E-state index in [1.165, 1.54) is 23.5 Å². The molecule has 0 atom stereocenters. The number of hydrazone groups is 1. The first-order valence-electron chi connectivity index (χ1n) is 8.47. The van der Waals surface area contributed by atoms with Crippen molar-refractivity contribution >= 4 is 69.2 Å². The Balaban J connectivity index is 1.72. The van der Waals surface area contributed by atoms with Gasteiger partial charge in [-0.3, -0.25) is 5.43 Å².